The standard InChI is InChI=1S/C27H31FN8O/c1-17-31-25(29)24-27(32-17)36(26(33-24)21-12-22(28)14-30-13-21)15-18-4-6-19(7-5-18)20-8-10-35(11-9-20)23(37)16-34(2)3/h4-7,12-14,20H,8-11,15-16H2,1-3H3,(H2,29,31,32). The number of fused-ring (bicyclic) bond motifs is 1. The van der Waals surface area contributed by atoms with Crippen LogP contribution < -0.4 is 5.73 Å². The van der Waals surface area contributed by atoms with Gasteiger partial charge in [0, 0.05) is 24.8 Å². The number of benzene rings is 1. The molecule has 0 atom stereocenters. The normalized spacial score (nSPS) is 14.6. The lowest BCUT2D eigenvalue weighted by molar-refractivity contribution is -0.132. The van der Waals surface area contributed by atoms with Gasteiger partial charge in [-0.15, -0.1) is 0 Å². The number of halogens is 1. The molecule has 1 aliphatic rings. The Morgan fingerprint density at radius 1 is 1.11 bits per heavy atom. The lowest BCUT2D eigenvalue weighted by atomic mass is 9.89. The van der Waals surface area contributed by atoms with E-state index in [1.807, 2.05) is 28.5 Å². The molecule has 2 N–H and O–H groups in total. The number of hydrogen-bond donors (Lipinski definition) is 1. The molecule has 4 aromatic rings. The largest absolute Gasteiger partial charge is 0.382 e. The zero-order valence-corrected chi connectivity index (χ0v) is 21.4. The van der Waals surface area contributed by atoms with Crippen molar-refractivity contribution >= 4 is 22.9 Å². The van der Waals surface area contributed by atoms with Crippen LogP contribution in [0.25, 0.3) is 22.6 Å². The molecule has 3 aromatic heterocycles. The van der Waals surface area contributed by atoms with E-state index in [1.54, 1.807) is 13.1 Å². The first-order valence-corrected chi connectivity index (χ1v) is 12.4. The number of nitrogens with zero attached hydrogens (tertiary/aromatic N) is 7. The molecule has 0 spiro atoms. The van der Waals surface area contributed by atoms with E-state index in [-0.39, 0.29) is 11.7 Å². The zero-order valence-electron chi connectivity index (χ0n) is 21.4. The third-order valence-electron chi connectivity index (χ3n) is 6.79. The number of rotatable bonds is 6. The van der Waals surface area contributed by atoms with Gasteiger partial charge in [0.05, 0.1) is 19.3 Å². The summed E-state index contributed by atoms with van der Waals surface area (Å²) in [5.74, 6) is 1.54. The first-order valence-electron chi connectivity index (χ1n) is 12.4. The Labute approximate surface area is 215 Å². The molecule has 1 saturated heterocycles. The second kappa shape index (κ2) is 10.2. The smallest absolute Gasteiger partial charge is 0.236 e. The number of carbonyl (C=O) groups is 1. The number of carbonyl (C=O) groups excluding carboxylic acids is 1. The number of nitrogens with two attached hydrogens (primary N) is 1. The van der Waals surface area contributed by atoms with Crippen molar-refractivity contribution in [3.8, 4) is 11.4 Å². The molecule has 0 unspecified atom stereocenters. The summed E-state index contributed by atoms with van der Waals surface area (Å²) in [5, 5.41) is 0. The van der Waals surface area contributed by atoms with Crippen molar-refractivity contribution in [1.29, 1.82) is 0 Å². The van der Waals surface area contributed by atoms with Crippen LogP contribution in [0.15, 0.2) is 42.7 Å². The fourth-order valence-corrected chi connectivity index (χ4v) is 4.95. The van der Waals surface area contributed by atoms with Crippen molar-refractivity contribution in [1.82, 2.24) is 34.3 Å². The zero-order chi connectivity index (χ0) is 26.1. The fourth-order valence-electron chi connectivity index (χ4n) is 4.95. The highest BCUT2D eigenvalue weighted by molar-refractivity contribution is 5.85. The number of piperidine rings is 1. The Balaban J connectivity index is 1.38. The molecule has 1 aromatic carbocycles. The quantitative estimate of drug-likeness (QED) is 0.431. The molecule has 37 heavy (non-hydrogen) atoms. The average Bonchev–Trinajstić information content (AvgIpc) is 3.22. The highest BCUT2D eigenvalue weighted by Crippen LogP contribution is 2.30. The maximum atomic E-state index is 14.0. The number of anilines is 1. The number of amides is 1. The van der Waals surface area contributed by atoms with E-state index in [2.05, 4.69) is 44.2 Å². The van der Waals surface area contributed by atoms with E-state index in [0.29, 0.717) is 47.4 Å². The van der Waals surface area contributed by atoms with Crippen LogP contribution in [0.1, 0.15) is 35.7 Å². The molecular weight excluding hydrogens is 471 g/mol. The fraction of sp³-hybridized carbons (Fsp3) is 0.370. The van der Waals surface area contributed by atoms with Gasteiger partial charge >= 0.3 is 0 Å². The molecule has 1 aliphatic heterocycles. The molecule has 192 valence electrons. The summed E-state index contributed by atoms with van der Waals surface area (Å²) in [5.41, 5.74) is 10.1. The van der Waals surface area contributed by atoms with Gasteiger partial charge in [0.25, 0.3) is 0 Å². The molecule has 5 rings (SSSR count). The summed E-state index contributed by atoms with van der Waals surface area (Å²) in [6.07, 6.45) is 4.65. The topological polar surface area (TPSA) is 106 Å². The van der Waals surface area contributed by atoms with E-state index in [0.717, 1.165) is 37.7 Å². The Morgan fingerprint density at radius 3 is 2.51 bits per heavy atom. The summed E-state index contributed by atoms with van der Waals surface area (Å²) in [7, 11) is 3.83. The molecule has 4 heterocycles. The van der Waals surface area contributed by atoms with Crippen molar-refractivity contribution in [3.63, 3.8) is 0 Å². The monoisotopic (exact) mass is 502 g/mol. The van der Waals surface area contributed by atoms with Crippen LogP contribution in [0.5, 0.6) is 0 Å². The maximum absolute atomic E-state index is 14.0. The molecule has 0 bridgehead atoms. The van der Waals surface area contributed by atoms with Gasteiger partial charge in [-0.3, -0.25) is 9.78 Å². The highest BCUT2D eigenvalue weighted by atomic mass is 19.1. The highest BCUT2D eigenvalue weighted by Gasteiger charge is 2.24. The predicted molar refractivity (Wildman–Crippen MR) is 140 cm³/mol. The minimum absolute atomic E-state index is 0.190. The van der Waals surface area contributed by atoms with E-state index in [4.69, 9.17) is 5.73 Å². The van der Waals surface area contributed by atoms with Crippen molar-refractivity contribution in [2.24, 2.45) is 0 Å². The third-order valence-corrected chi connectivity index (χ3v) is 6.79. The minimum Gasteiger partial charge on any atom is -0.382 e. The van der Waals surface area contributed by atoms with Crippen molar-refractivity contribution in [2.45, 2.75) is 32.2 Å². The molecule has 1 fully saturated rings. The Hall–Kier alpha value is -3.92. The SMILES string of the molecule is Cc1nc(N)c2nc(-c3cncc(F)c3)n(Cc3ccc(C4CCN(C(=O)CN(C)C)CC4)cc3)c2n1. The molecule has 10 heteroatoms. The van der Waals surface area contributed by atoms with Crippen molar-refractivity contribution in [2.75, 3.05) is 39.5 Å². The first-order chi connectivity index (χ1) is 17.8. The Kier molecular flexibility index (Phi) is 6.84. The molecule has 0 saturated carbocycles. The van der Waals surface area contributed by atoms with Crippen LogP contribution in [0.3, 0.4) is 0 Å². The van der Waals surface area contributed by atoms with E-state index < -0.39 is 5.82 Å². The molecule has 0 radical (unpaired) electrons. The number of pyridine rings is 1. The first kappa shape index (κ1) is 24.8. The van der Waals surface area contributed by atoms with Crippen molar-refractivity contribution in [3.05, 3.63) is 65.5 Å². The van der Waals surface area contributed by atoms with Gasteiger partial charge in [-0.1, -0.05) is 24.3 Å². The Morgan fingerprint density at radius 2 is 1.84 bits per heavy atom. The lowest BCUT2D eigenvalue weighted by Crippen LogP contribution is -2.42. The van der Waals surface area contributed by atoms with Crippen molar-refractivity contribution < 1.29 is 9.18 Å². The van der Waals surface area contributed by atoms with E-state index >= 15 is 0 Å². The minimum atomic E-state index is -0.440. The summed E-state index contributed by atoms with van der Waals surface area (Å²) in [6, 6.07) is 9.94. The summed E-state index contributed by atoms with van der Waals surface area (Å²) >= 11 is 0. The van der Waals surface area contributed by atoms with E-state index in [9.17, 15) is 9.18 Å². The van der Waals surface area contributed by atoms with Gasteiger partial charge in [0.2, 0.25) is 5.91 Å². The number of hydrogen-bond acceptors (Lipinski definition) is 7. The number of likely N-dealkylation sites (N-methyl/N-ethyl adjacent to an activating group) is 1. The molecular formula is C27H31FN8O. The van der Waals surface area contributed by atoms with Crippen LogP contribution in [0.2, 0.25) is 0 Å². The lowest BCUT2D eigenvalue weighted by Gasteiger charge is -2.33. The van der Waals surface area contributed by atoms with Crippen LogP contribution >= 0.6 is 0 Å². The maximum Gasteiger partial charge on any atom is 0.236 e. The van der Waals surface area contributed by atoms with Crippen LogP contribution in [-0.2, 0) is 11.3 Å². The summed E-state index contributed by atoms with van der Waals surface area (Å²) in [6.45, 7) is 4.28. The number of imidazole rings is 1. The number of likely N-dealkylation sites (tertiary alicyclic amines) is 1. The molecule has 1 amide bonds. The predicted octanol–water partition coefficient (Wildman–Crippen LogP) is 3.23. The second-order valence-electron chi connectivity index (χ2n) is 9.88. The summed E-state index contributed by atoms with van der Waals surface area (Å²) < 4.78 is 15.9. The summed E-state index contributed by atoms with van der Waals surface area (Å²) in [4.78, 5) is 33.7. The van der Waals surface area contributed by atoms with Gasteiger partial charge < -0.3 is 20.1 Å². The van der Waals surface area contributed by atoms with Crippen LogP contribution in [0, 0.1) is 12.7 Å². The van der Waals surface area contributed by atoms with Gasteiger partial charge in [-0.25, -0.2) is 19.3 Å². The number of nitrogen functional groups attached to an aromatic ring is 1. The molecule has 9 nitrogen and oxygen atoms in total. The molecule has 0 aliphatic carbocycles. The van der Waals surface area contributed by atoms with Crippen LogP contribution in [0.4, 0.5) is 10.2 Å². The Bertz CT molecular complexity index is 1420. The van der Waals surface area contributed by atoms with Crippen LogP contribution in [-0.4, -0.2) is 73.9 Å². The van der Waals surface area contributed by atoms with Gasteiger partial charge in [-0.05, 0) is 57.0 Å². The number of aryl methyl sites for hydroxylation is 1. The second-order valence-corrected chi connectivity index (χ2v) is 9.88. The number of aromatic nitrogens is 5. The van der Waals surface area contributed by atoms with E-state index in [1.165, 1.54) is 11.6 Å². The third kappa shape index (κ3) is 5.29. The van der Waals surface area contributed by atoms with Gasteiger partial charge in [0.15, 0.2) is 17.0 Å². The van der Waals surface area contributed by atoms with Gasteiger partial charge in [0.1, 0.15) is 17.5 Å². The van der Waals surface area contributed by atoms with Gasteiger partial charge in [-0.2, -0.15) is 0 Å². The average molecular weight is 503 g/mol.